The summed E-state index contributed by atoms with van der Waals surface area (Å²) < 4.78 is 0.728. The Morgan fingerprint density at radius 3 is 2.81 bits per heavy atom. The van der Waals surface area contributed by atoms with Crippen molar-refractivity contribution in [1.82, 2.24) is 15.1 Å². The molecule has 1 aromatic heterocycles. The number of halogens is 1. The Morgan fingerprint density at radius 1 is 1.33 bits per heavy atom. The van der Waals surface area contributed by atoms with Crippen LogP contribution in [0.3, 0.4) is 0 Å². The van der Waals surface area contributed by atoms with Crippen molar-refractivity contribution in [3.05, 3.63) is 51.3 Å². The summed E-state index contributed by atoms with van der Waals surface area (Å²) in [5.74, 6) is -1.20. The second kappa shape index (κ2) is 5.33. The number of carbonyl (C=O) groups is 2. The Morgan fingerprint density at radius 2 is 2.10 bits per heavy atom. The molecule has 3 rings (SSSR count). The molecular weight excluding hydrogens is 338 g/mol. The first-order valence-corrected chi connectivity index (χ1v) is 7.20. The molecule has 0 spiro atoms. The first-order valence-electron chi connectivity index (χ1n) is 6.41. The van der Waals surface area contributed by atoms with Gasteiger partial charge in [0, 0.05) is 28.7 Å². The minimum Gasteiger partial charge on any atom is -0.476 e. The number of rotatable bonds is 2. The second-order valence-electron chi connectivity index (χ2n) is 4.79. The first-order chi connectivity index (χ1) is 10.1. The number of aromatic amines is 1. The highest BCUT2D eigenvalue weighted by atomic mass is 79.9. The van der Waals surface area contributed by atoms with Crippen LogP contribution in [0.5, 0.6) is 0 Å². The first kappa shape index (κ1) is 13.8. The molecule has 0 unspecified atom stereocenters. The highest BCUT2D eigenvalue weighted by Crippen LogP contribution is 2.24. The van der Waals surface area contributed by atoms with Crippen LogP contribution >= 0.6 is 15.9 Å². The fourth-order valence-electron chi connectivity index (χ4n) is 2.45. The van der Waals surface area contributed by atoms with Gasteiger partial charge in [0.25, 0.3) is 5.91 Å². The summed E-state index contributed by atoms with van der Waals surface area (Å²) in [6.45, 7) is 0.794. The summed E-state index contributed by atoms with van der Waals surface area (Å²) in [6.07, 6.45) is 0.575. The Hall–Kier alpha value is -2.15. The van der Waals surface area contributed by atoms with Gasteiger partial charge in [-0.3, -0.25) is 9.89 Å². The van der Waals surface area contributed by atoms with Crippen LogP contribution in [-0.2, 0) is 13.0 Å². The van der Waals surface area contributed by atoms with Gasteiger partial charge < -0.3 is 10.0 Å². The number of aromatic nitrogens is 2. The lowest BCUT2D eigenvalue weighted by atomic mass is 10.0. The molecule has 2 heterocycles. The SMILES string of the molecule is O=C(O)c1n[nH]c2c1CN(C(=O)c1ccccc1Br)CC2. The number of H-pyrrole nitrogens is 1. The lowest BCUT2D eigenvalue weighted by Crippen LogP contribution is -2.36. The molecule has 1 aromatic carbocycles. The van der Waals surface area contributed by atoms with Gasteiger partial charge in [0.1, 0.15) is 0 Å². The number of fused-ring (bicyclic) bond motifs is 1. The van der Waals surface area contributed by atoms with Crippen molar-refractivity contribution in [1.29, 1.82) is 0 Å². The quantitative estimate of drug-likeness (QED) is 0.868. The van der Waals surface area contributed by atoms with Gasteiger partial charge in [-0.1, -0.05) is 12.1 Å². The van der Waals surface area contributed by atoms with E-state index in [-0.39, 0.29) is 18.1 Å². The molecule has 0 aliphatic carbocycles. The van der Waals surface area contributed by atoms with Crippen LogP contribution in [0, 0.1) is 0 Å². The van der Waals surface area contributed by atoms with E-state index >= 15 is 0 Å². The Labute approximate surface area is 128 Å². The number of carboxylic acids is 1. The maximum atomic E-state index is 12.6. The van der Waals surface area contributed by atoms with E-state index in [9.17, 15) is 9.59 Å². The van der Waals surface area contributed by atoms with E-state index in [0.717, 1.165) is 10.2 Å². The standard InChI is InChI=1S/C14H12BrN3O3/c15-10-4-2-1-3-8(10)13(19)18-6-5-11-9(7-18)12(14(20)21)17-16-11/h1-4H,5-7H2,(H,16,17)(H,20,21). The molecule has 0 saturated heterocycles. The van der Waals surface area contributed by atoms with E-state index in [0.29, 0.717) is 24.1 Å². The number of hydrogen-bond donors (Lipinski definition) is 2. The van der Waals surface area contributed by atoms with Gasteiger partial charge in [-0.05, 0) is 28.1 Å². The summed E-state index contributed by atoms with van der Waals surface area (Å²) in [5, 5.41) is 15.7. The molecule has 1 aliphatic heterocycles. The molecule has 0 fully saturated rings. The number of nitrogens with one attached hydrogen (secondary N) is 1. The van der Waals surface area contributed by atoms with E-state index < -0.39 is 5.97 Å². The summed E-state index contributed by atoms with van der Waals surface area (Å²) >= 11 is 3.37. The van der Waals surface area contributed by atoms with Crippen LogP contribution in [0.4, 0.5) is 0 Å². The lowest BCUT2D eigenvalue weighted by Gasteiger charge is -2.27. The normalized spacial score (nSPS) is 13.9. The van der Waals surface area contributed by atoms with Crippen molar-refractivity contribution in [2.75, 3.05) is 6.54 Å². The van der Waals surface area contributed by atoms with Gasteiger partial charge in [-0.2, -0.15) is 5.10 Å². The van der Waals surface area contributed by atoms with Crippen molar-refractivity contribution in [3.8, 4) is 0 Å². The second-order valence-corrected chi connectivity index (χ2v) is 5.65. The summed E-state index contributed by atoms with van der Waals surface area (Å²) in [7, 11) is 0. The van der Waals surface area contributed by atoms with Crippen molar-refractivity contribution in [2.45, 2.75) is 13.0 Å². The van der Waals surface area contributed by atoms with E-state index in [1.807, 2.05) is 12.1 Å². The van der Waals surface area contributed by atoms with Gasteiger partial charge in [0.2, 0.25) is 0 Å². The minimum absolute atomic E-state index is 0.00497. The van der Waals surface area contributed by atoms with Crippen molar-refractivity contribution in [3.63, 3.8) is 0 Å². The molecule has 1 aliphatic rings. The van der Waals surface area contributed by atoms with Crippen molar-refractivity contribution in [2.24, 2.45) is 0 Å². The highest BCUT2D eigenvalue weighted by molar-refractivity contribution is 9.10. The molecule has 0 bridgehead atoms. The number of nitrogens with zero attached hydrogens (tertiary/aromatic N) is 2. The molecule has 1 amide bonds. The fraction of sp³-hybridized carbons (Fsp3) is 0.214. The van der Waals surface area contributed by atoms with Gasteiger partial charge in [-0.15, -0.1) is 0 Å². The lowest BCUT2D eigenvalue weighted by molar-refractivity contribution is 0.0674. The predicted octanol–water partition coefficient (Wildman–Crippen LogP) is 2.07. The maximum Gasteiger partial charge on any atom is 0.356 e. The monoisotopic (exact) mass is 349 g/mol. The number of hydrogen-bond acceptors (Lipinski definition) is 3. The van der Waals surface area contributed by atoms with E-state index in [4.69, 9.17) is 5.11 Å². The third kappa shape index (κ3) is 2.44. The predicted molar refractivity (Wildman–Crippen MR) is 78.1 cm³/mol. The number of benzene rings is 1. The van der Waals surface area contributed by atoms with Crippen LogP contribution in [0.15, 0.2) is 28.7 Å². The molecule has 2 N–H and O–H groups in total. The van der Waals surface area contributed by atoms with Crippen LogP contribution in [0.25, 0.3) is 0 Å². The number of carboxylic acid groups (broad SMARTS) is 1. The van der Waals surface area contributed by atoms with Crippen LogP contribution < -0.4 is 0 Å². The van der Waals surface area contributed by atoms with Gasteiger partial charge in [0.05, 0.1) is 12.1 Å². The van der Waals surface area contributed by atoms with E-state index in [1.54, 1.807) is 17.0 Å². The third-order valence-corrected chi connectivity index (χ3v) is 4.22. The third-order valence-electron chi connectivity index (χ3n) is 3.53. The molecule has 2 aromatic rings. The highest BCUT2D eigenvalue weighted by Gasteiger charge is 2.28. The summed E-state index contributed by atoms with van der Waals surface area (Å²) in [5.41, 5.74) is 1.95. The average molecular weight is 350 g/mol. The summed E-state index contributed by atoms with van der Waals surface area (Å²) in [6, 6.07) is 7.19. The molecular formula is C14H12BrN3O3. The fourth-order valence-corrected chi connectivity index (χ4v) is 2.90. The minimum atomic E-state index is -1.08. The molecule has 6 nitrogen and oxygen atoms in total. The molecule has 0 radical (unpaired) electrons. The Kier molecular flexibility index (Phi) is 3.50. The van der Waals surface area contributed by atoms with Gasteiger partial charge in [-0.25, -0.2) is 4.79 Å². The number of carbonyl (C=O) groups excluding carboxylic acids is 1. The summed E-state index contributed by atoms with van der Waals surface area (Å²) in [4.78, 5) is 25.3. The zero-order chi connectivity index (χ0) is 15.0. The van der Waals surface area contributed by atoms with Gasteiger partial charge >= 0.3 is 5.97 Å². The average Bonchev–Trinajstić information content (AvgIpc) is 2.90. The topological polar surface area (TPSA) is 86.3 Å². The smallest absolute Gasteiger partial charge is 0.356 e. The molecule has 0 atom stereocenters. The Bertz CT molecular complexity index is 726. The van der Waals surface area contributed by atoms with Crippen LogP contribution in [0.2, 0.25) is 0 Å². The van der Waals surface area contributed by atoms with Crippen molar-refractivity contribution >= 4 is 27.8 Å². The van der Waals surface area contributed by atoms with E-state index in [1.165, 1.54) is 0 Å². The van der Waals surface area contributed by atoms with Crippen molar-refractivity contribution < 1.29 is 14.7 Å². The number of aromatic carboxylic acids is 1. The number of amides is 1. The van der Waals surface area contributed by atoms with Gasteiger partial charge in [0.15, 0.2) is 5.69 Å². The zero-order valence-corrected chi connectivity index (χ0v) is 12.6. The maximum absolute atomic E-state index is 12.6. The zero-order valence-electron chi connectivity index (χ0n) is 11.0. The molecule has 21 heavy (non-hydrogen) atoms. The molecule has 108 valence electrons. The van der Waals surface area contributed by atoms with Crippen LogP contribution in [-0.4, -0.2) is 38.6 Å². The van der Waals surface area contributed by atoms with Crippen LogP contribution in [0.1, 0.15) is 32.1 Å². The van der Waals surface area contributed by atoms with E-state index in [2.05, 4.69) is 26.1 Å². The largest absolute Gasteiger partial charge is 0.476 e. The Balaban J connectivity index is 1.89. The molecule has 0 saturated carbocycles. The molecule has 7 heteroatoms.